The number of carbonyl (C=O) groups excluding carboxylic acids is 2. The Bertz CT molecular complexity index is 606. The van der Waals surface area contributed by atoms with Gasteiger partial charge >= 0.3 is 0 Å². The molecule has 2 saturated heterocycles. The smallest absolute Gasteiger partial charge is 0.251 e. The van der Waals surface area contributed by atoms with Crippen molar-refractivity contribution in [3.05, 3.63) is 29.3 Å². The summed E-state index contributed by atoms with van der Waals surface area (Å²) >= 11 is 0. The summed E-state index contributed by atoms with van der Waals surface area (Å²) in [4.78, 5) is 31.0. The van der Waals surface area contributed by atoms with E-state index < -0.39 is 0 Å². The van der Waals surface area contributed by atoms with Crippen molar-refractivity contribution in [1.82, 2.24) is 9.80 Å². The minimum absolute atomic E-state index is 0.0664. The van der Waals surface area contributed by atoms with Gasteiger partial charge < -0.3 is 4.90 Å². The lowest BCUT2D eigenvalue weighted by Gasteiger charge is -2.35. The van der Waals surface area contributed by atoms with Crippen LogP contribution >= 0.6 is 0 Å². The molecule has 0 bridgehead atoms. The molecule has 22 heavy (non-hydrogen) atoms. The number of benzene rings is 1. The van der Waals surface area contributed by atoms with Crippen LogP contribution in [-0.4, -0.2) is 60.9 Å². The Morgan fingerprint density at radius 2 is 1.73 bits per heavy atom. The number of aryl methyl sites for hydroxylation is 2. The third-order valence-corrected chi connectivity index (χ3v) is 4.71. The van der Waals surface area contributed by atoms with Crippen LogP contribution < -0.4 is 4.90 Å². The summed E-state index contributed by atoms with van der Waals surface area (Å²) in [6, 6.07) is 5.61. The maximum atomic E-state index is 12.8. The van der Waals surface area contributed by atoms with Crippen LogP contribution in [0.15, 0.2) is 18.2 Å². The Morgan fingerprint density at radius 3 is 2.41 bits per heavy atom. The number of nitrogens with zero attached hydrogens (tertiary/aromatic N) is 3. The van der Waals surface area contributed by atoms with Crippen LogP contribution in [0.3, 0.4) is 0 Å². The molecule has 2 aliphatic rings. The number of amides is 2. The highest BCUT2D eigenvalue weighted by atomic mass is 16.2. The largest absolute Gasteiger partial charge is 0.304 e. The fourth-order valence-corrected chi connectivity index (χ4v) is 3.25. The van der Waals surface area contributed by atoms with Crippen LogP contribution in [0, 0.1) is 13.8 Å². The molecule has 0 saturated carbocycles. The number of hydrogen-bond donors (Lipinski definition) is 0. The van der Waals surface area contributed by atoms with E-state index >= 15 is 0 Å². The summed E-state index contributed by atoms with van der Waals surface area (Å²) in [5, 5.41) is 0. The van der Waals surface area contributed by atoms with Crippen LogP contribution in [-0.2, 0) is 9.59 Å². The van der Waals surface area contributed by atoms with Crippen LogP contribution in [0.5, 0.6) is 0 Å². The number of rotatable bonds is 2. The SMILES string of the molecule is Cc1ccc(C)c(N2C(=O)C[C@@H](N3CCN(C)CC3)C2=O)c1. The van der Waals surface area contributed by atoms with Crippen molar-refractivity contribution in [3.63, 3.8) is 0 Å². The van der Waals surface area contributed by atoms with Gasteiger partial charge in [-0.15, -0.1) is 0 Å². The molecule has 5 nitrogen and oxygen atoms in total. The first kappa shape index (κ1) is 15.2. The van der Waals surface area contributed by atoms with Gasteiger partial charge in [-0.05, 0) is 38.1 Å². The molecule has 3 rings (SSSR count). The van der Waals surface area contributed by atoms with Crippen molar-refractivity contribution >= 4 is 17.5 Å². The molecule has 0 aliphatic carbocycles. The maximum absolute atomic E-state index is 12.8. The molecule has 2 fully saturated rings. The Morgan fingerprint density at radius 1 is 1.05 bits per heavy atom. The molecule has 1 atom stereocenters. The zero-order chi connectivity index (χ0) is 15.9. The van der Waals surface area contributed by atoms with E-state index in [1.807, 2.05) is 32.0 Å². The Kier molecular flexibility index (Phi) is 4.02. The molecule has 5 heteroatoms. The highest BCUT2D eigenvalue weighted by Crippen LogP contribution is 2.29. The lowest BCUT2D eigenvalue weighted by atomic mass is 10.1. The summed E-state index contributed by atoms with van der Waals surface area (Å²) in [7, 11) is 2.08. The van der Waals surface area contributed by atoms with Crippen LogP contribution in [0.2, 0.25) is 0 Å². The lowest BCUT2D eigenvalue weighted by Crippen LogP contribution is -2.51. The number of anilines is 1. The summed E-state index contributed by atoms with van der Waals surface area (Å²) in [5.41, 5.74) is 2.77. The van der Waals surface area contributed by atoms with E-state index in [-0.39, 0.29) is 17.9 Å². The normalized spacial score (nSPS) is 24.3. The van der Waals surface area contributed by atoms with Crippen molar-refractivity contribution in [1.29, 1.82) is 0 Å². The average molecular weight is 301 g/mol. The molecule has 1 aromatic carbocycles. The van der Waals surface area contributed by atoms with Crippen LogP contribution in [0.1, 0.15) is 17.5 Å². The van der Waals surface area contributed by atoms with Crippen molar-refractivity contribution in [2.45, 2.75) is 26.3 Å². The zero-order valence-electron chi connectivity index (χ0n) is 13.5. The summed E-state index contributed by atoms with van der Waals surface area (Å²) < 4.78 is 0. The predicted octanol–water partition coefficient (Wildman–Crippen LogP) is 1.18. The monoisotopic (exact) mass is 301 g/mol. The van der Waals surface area contributed by atoms with Gasteiger partial charge in [0.05, 0.1) is 18.2 Å². The maximum Gasteiger partial charge on any atom is 0.251 e. The molecule has 0 radical (unpaired) electrons. The van der Waals surface area contributed by atoms with E-state index in [0.29, 0.717) is 6.42 Å². The first-order valence-corrected chi connectivity index (χ1v) is 7.84. The van der Waals surface area contributed by atoms with Gasteiger partial charge in [-0.1, -0.05) is 12.1 Å². The molecular weight excluding hydrogens is 278 g/mol. The van der Waals surface area contributed by atoms with Crippen molar-refractivity contribution in [2.75, 3.05) is 38.1 Å². The fraction of sp³-hybridized carbons (Fsp3) is 0.529. The number of carbonyl (C=O) groups is 2. The van der Waals surface area contributed by atoms with Crippen molar-refractivity contribution < 1.29 is 9.59 Å². The molecule has 1 aromatic rings. The predicted molar refractivity (Wildman–Crippen MR) is 85.9 cm³/mol. The van der Waals surface area contributed by atoms with Gasteiger partial charge in [0, 0.05) is 26.2 Å². The average Bonchev–Trinajstić information content (AvgIpc) is 2.78. The van der Waals surface area contributed by atoms with E-state index in [1.165, 1.54) is 4.90 Å². The molecule has 2 heterocycles. The quantitative estimate of drug-likeness (QED) is 0.770. The van der Waals surface area contributed by atoms with E-state index in [1.54, 1.807) is 0 Å². The molecule has 0 aromatic heterocycles. The summed E-state index contributed by atoms with van der Waals surface area (Å²) in [5.74, 6) is -0.147. The van der Waals surface area contributed by atoms with Crippen LogP contribution in [0.4, 0.5) is 5.69 Å². The van der Waals surface area contributed by atoms with Gasteiger partial charge in [0.2, 0.25) is 5.91 Å². The second-order valence-electron chi connectivity index (χ2n) is 6.42. The molecule has 2 aliphatic heterocycles. The number of piperazine rings is 1. The Labute approximate surface area is 131 Å². The molecule has 0 spiro atoms. The minimum Gasteiger partial charge on any atom is -0.304 e. The fourth-order valence-electron chi connectivity index (χ4n) is 3.25. The second kappa shape index (κ2) is 5.82. The molecule has 0 unspecified atom stereocenters. The minimum atomic E-state index is -0.291. The summed E-state index contributed by atoms with van der Waals surface area (Å²) in [6.45, 7) is 7.51. The number of hydrogen-bond acceptors (Lipinski definition) is 4. The van der Waals surface area contributed by atoms with E-state index in [4.69, 9.17) is 0 Å². The van der Waals surface area contributed by atoms with Gasteiger partial charge in [0.1, 0.15) is 0 Å². The zero-order valence-corrected chi connectivity index (χ0v) is 13.5. The van der Waals surface area contributed by atoms with Gasteiger partial charge in [-0.3, -0.25) is 14.5 Å². The Hall–Kier alpha value is -1.72. The van der Waals surface area contributed by atoms with Crippen molar-refractivity contribution in [2.24, 2.45) is 0 Å². The number of likely N-dealkylation sites (N-methyl/N-ethyl adjacent to an activating group) is 1. The first-order chi connectivity index (χ1) is 10.5. The molecule has 2 amide bonds. The van der Waals surface area contributed by atoms with E-state index in [9.17, 15) is 9.59 Å². The molecule has 0 N–H and O–H groups in total. The van der Waals surface area contributed by atoms with Gasteiger partial charge in [-0.25, -0.2) is 4.90 Å². The van der Waals surface area contributed by atoms with E-state index in [2.05, 4.69) is 16.8 Å². The van der Waals surface area contributed by atoms with E-state index in [0.717, 1.165) is 43.0 Å². The van der Waals surface area contributed by atoms with Gasteiger partial charge in [0.25, 0.3) is 5.91 Å². The van der Waals surface area contributed by atoms with Gasteiger partial charge in [0.15, 0.2) is 0 Å². The number of imide groups is 1. The first-order valence-electron chi connectivity index (χ1n) is 7.84. The standard InChI is InChI=1S/C17H23N3O2/c1-12-4-5-13(2)14(10-12)20-16(21)11-15(17(20)22)19-8-6-18(3)7-9-19/h4-5,10,15H,6-9,11H2,1-3H3/t15-/m1/s1. The van der Waals surface area contributed by atoms with Crippen molar-refractivity contribution in [3.8, 4) is 0 Å². The Balaban J connectivity index is 1.84. The third-order valence-electron chi connectivity index (χ3n) is 4.71. The second-order valence-corrected chi connectivity index (χ2v) is 6.42. The summed E-state index contributed by atoms with van der Waals surface area (Å²) in [6.07, 6.45) is 0.302. The molecule has 118 valence electrons. The highest BCUT2D eigenvalue weighted by molar-refractivity contribution is 6.22. The van der Waals surface area contributed by atoms with Gasteiger partial charge in [-0.2, -0.15) is 0 Å². The lowest BCUT2D eigenvalue weighted by molar-refractivity contribution is -0.123. The molecular formula is C17H23N3O2. The third kappa shape index (κ3) is 2.66. The highest BCUT2D eigenvalue weighted by Gasteiger charge is 2.43. The van der Waals surface area contributed by atoms with Crippen LogP contribution in [0.25, 0.3) is 0 Å². The topological polar surface area (TPSA) is 43.9 Å².